The summed E-state index contributed by atoms with van der Waals surface area (Å²) >= 11 is 13.4. The summed E-state index contributed by atoms with van der Waals surface area (Å²) in [6, 6.07) is 24.1. The highest BCUT2D eigenvalue weighted by Crippen LogP contribution is 2.30. The van der Waals surface area contributed by atoms with Crippen LogP contribution in [0.4, 0.5) is 11.4 Å². The lowest BCUT2D eigenvalue weighted by molar-refractivity contribution is -0.114. The molecule has 0 fully saturated rings. The number of thioether (sulfide) groups is 1. The Hall–Kier alpha value is -4.11. The molecule has 3 N–H and O–H groups in total. The summed E-state index contributed by atoms with van der Waals surface area (Å²) in [5.74, 6) is -0.995. The van der Waals surface area contributed by atoms with Crippen LogP contribution < -0.4 is 16.0 Å². The first-order valence-electron chi connectivity index (χ1n) is 11.7. The van der Waals surface area contributed by atoms with Crippen LogP contribution in [0.1, 0.15) is 15.9 Å². The molecule has 4 rings (SSSR count). The number of pyridine rings is 1. The van der Waals surface area contributed by atoms with Gasteiger partial charge >= 0.3 is 0 Å². The number of amides is 3. The van der Waals surface area contributed by atoms with Crippen molar-refractivity contribution in [2.45, 2.75) is 4.90 Å². The standard InChI is InChI=1S/C29H22Cl2N4O3S/c30-23-9-4-10-24(27(23)31)34-26(36)18-39-22-13-11-21(12-14-22)33-29(38)25(16-19-6-5-15-32-17-19)35-28(37)20-7-2-1-3-8-20/h1-17H,18H2,(H,33,38)(H,34,36)(H,35,37)/b25-16-. The zero-order chi connectivity index (χ0) is 27.6. The molecule has 196 valence electrons. The van der Waals surface area contributed by atoms with Gasteiger partial charge in [0.25, 0.3) is 11.8 Å². The van der Waals surface area contributed by atoms with Crippen molar-refractivity contribution >= 4 is 70.1 Å². The second-order valence-electron chi connectivity index (χ2n) is 8.08. The van der Waals surface area contributed by atoms with Crippen molar-refractivity contribution in [3.05, 3.63) is 124 Å². The van der Waals surface area contributed by atoms with Crippen LogP contribution in [0.15, 0.2) is 108 Å². The van der Waals surface area contributed by atoms with E-state index < -0.39 is 11.8 Å². The molecule has 0 unspecified atom stereocenters. The van der Waals surface area contributed by atoms with Crippen molar-refractivity contribution < 1.29 is 14.4 Å². The lowest BCUT2D eigenvalue weighted by atomic mass is 10.2. The van der Waals surface area contributed by atoms with Crippen molar-refractivity contribution in [2.24, 2.45) is 0 Å². The van der Waals surface area contributed by atoms with Crippen LogP contribution in [0, 0.1) is 0 Å². The van der Waals surface area contributed by atoms with Gasteiger partial charge < -0.3 is 16.0 Å². The molecule has 0 bridgehead atoms. The molecule has 0 saturated carbocycles. The molecular weight excluding hydrogens is 555 g/mol. The summed E-state index contributed by atoms with van der Waals surface area (Å²) in [7, 11) is 0. The summed E-state index contributed by atoms with van der Waals surface area (Å²) < 4.78 is 0. The minimum atomic E-state index is -0.499. The predicted molar refractivity (Wildman–Crippen MR) is 157 cm³/mol. The molecule has 0 radical (unpaired) electrons. The van der Waals surface area contributed by atoms with Gasteiger partial charge in [-0.1, -0.05) is 53.5 Å². The number of nitrogens with zero attached hydrogens (tertiary/aromatic N) is 1. The number of aromatic nitrogens is 1. The van der Waals surface area contributed by atoms with E-state index in [1.165, 1.54) is 11.8 Å². The average molecular weight is 577 g/mol. The summed E-state index contributed by atoms with van der Waals surface area (Å²) in [4.78, 5) is 43.1. The highest BCUT2D eigenvalue weighted by Gasteiger charge is 2.15. The van der Waals surface area contributed by atoms with Crippen LogP contribution in [-0.4, -0.2) is 28.5 Å². The van der Waals surface area contributed by atoms with Crippen molar-refractivity contribution in [1.82, 2.24) is 10.3 Å². The van der Waals surface area contributed by atoms with Gasteiger partial charge in [0, 0.05) is 28.5 Å². The largest absolute Gasteiger partial charge is 0.324 e. The third-order valence-electron chi connectivity index (χ3n) is 5.23. The number of hydrogen-bond donors (Lipinski definition) is 3. The number of carbonyl (C=O) groups is 3. The van der Waals surface area contributed by atoms with Crippen LogP contribution in [-0.2, 0) is 9.59 Å². The summed E-state index contributed by atoms with van der Waals surface area (Å²) in [6.45, 7) is 0. The molecule has 3 aromatic carbocycles. The normalized spacial score (nSPS) is 11.0. The van der Waals surface area contributed by atoms with Crippen LogP contribution >= 0.6 is 35.0 Å². The smallest absolute Gasteiger partial charge is 0.272 e. The Morgan fingerprint density at radius 3 is 2.33 bits per heavy atom. The molecule has 0 atom stereocenters. The number of hydrogen-bond acceptors (Lipinski definition) is 5. The van der Waals surface area contributed by atoms with E-state index in [0.29, 0.717) is 27.5 Å². The monoisotopic (exact) mass is 576 g/mol. The van der Waals surface area contributed by atoms with E-state index in [-0.39, 0.29) is 22.4 Å². The summed E-state index contributed by atoms with van der Waals surface area (Å²) in [5.41, 5.74) is 2.10. The lowest BCUT2D eigenvalue weighted by Gasteiger charge is -2.12. The van der Waals surface area contributed by atoms with E-state index in [9.17, 15) is 14.4 Å². The number of rotatable bonds is 9. The first kappa shape index (κ1) is 27.9. The van der Waals surface area contributed by atoms with Crippen molar-refractivity contribution in [3.8, 4) is 0 Å². The van der Waals surface area contributed by atoms with Gasteiger partial charge in [0.15, 0.2) is 0 Å². The second-order valence-corrected chi connectivity index (χ2v) is 9.92. The maximum atomic E-state index is 13.1. The van der Waals surface area contributed by atoms with Gasteiger partial charge in [-0.2, -0.15) is 0 Å². The summed E-state index contributed by atoms with van der Waals surface area (Å²) in [6.07, 6.45) is 4.76. The Morgan fingerprint density at radius 2 is 1.62 bits per heavy atom. The third kappa shape index (κ3) is 8.19. The zero-order valence-corrected chi connectivity index (χ0v) is 22.7. The van der Waals surface area contributed by atoms with Gasteiger partial charge in [-0.25, -0.2) is 0 Å². The Balaban J connectivity index is 1.39. The van der Waals surface area contributed by atoms with Crippen molar-refractivity contribution in [3.63, 3.8) is 0 Å². The van der Waals surface area contributed by atoms with Crippen LogP contribution in [0.3, 0.4) is 0 Å². The van der Waals surface area contributed by atoms with Crippen molar-refractivity contribution in [1.29, 1.82) is 0 Å². The fourth-order valence-corrected chi connectivity index (χ4v) is 4.39. The van der Waals surface area contributed by atoms with Crippen LogP contribution in [0.5, 0.6) is 0 Å². The molecule has 1 heterocycles. The van der Waals surface area contributed by atoms with E-state index in [2.05, 4.69) is 20.9 Å². The number of halogens is 2. The Kier molecular flexibility index (Phi) is 9.74. The zero-order valence-electron chi connectivity index (χ0n) is 20.4. The average Bonchev–Trinajstić information content (AvgIpc) is 2.96. The van der Waals surface area contributed by atoms with Crippen LogP contribution in [0.2, 0.25) is 10.0 Å². The summed E-state index contributed by atoms with van der Waals surface area (Å²) in [5, 5.41) is 8.87. The SMILES string of the molecule is O=C(CSc1ccc(NC(=O)/C(=C/c2cccnc2)NC(=O)c2ccccc2)cc1)Nc1cccc(Cl)c1Cl. The molecule has 1 aromatic heterocycles. The fourth-order valence-electron chi connectivity index (χ4n) is 3.34. The maximum absolute atomic E-state index is 13.1. The molecule has 39 heavy (non-hydrogen) atoms. The molecule has 0 spiro atoms. The molecule has 0 aliphatic carbocycles. The third-order valence-corrected chi connectivity index (χ3v) is 7.06. The Labute approximate surface area is 239 Å². The molecular formula is C29H22Cl2N4O3S. The molecule has 0 aliphatic rings. The highest BCUT2D eigenvalue weighted by atomic mass is 35.5. The Morgan fingerprint density at radius 1 is 0.846 bits per heavy atom. The van der Waals surface area contributed by atoms with Gasteiger partial charge in [-0.15, -0.1) is 11.8 Å². The number of benzene rings is 3. The van der Waals surface area contributed by atoms with Gasteiger partial charge in [-0.3, -0.25) is 19.4 Å². The van der Waals surface area contributed by atoms with Gasteiger partial charge in [0.2, 0.25) is 5.91 Å². The van der Waals surface area contributed by atoms with Gasteiger partial charge in [0.1, 0.15) is 5.70 Å². The minimum absolute atomic E-state index is 0.0617. The fraction of sp³-hybridized carbons (Fsp3) is 0.0345. The van der Waals surface area contributed by atoms with Crippen LogP contribution in [0.25, 0.3) is 6.08 Å². The number of anilines is 2. The molecule has 0 saturated heterocycles. The molecule has 0 aliphatic heterocycles. The van der Waals surface area contributed by atoms with E-state index in [4.69, 9.17) is 23.2 Å². The predicted octanol–water partition coefficient (Wildman–Crippen LogP) is 6.53. The van der Waals surface area contributed by atoms with E-state index in [0.717, 1.165) is 4.90 Å². The maximum Gasteiger partial charge on any atom is 0.272 e. The molecule has 4 aromatic rings. The second kappa shape index (κ2) is 13.6. The van der Waals surface area contributed by atoms with E-state index >= 15 is 0 Å². The van der Waals surface area contributed by atoms with Gasteiger partial charge in [0.05, 0.1) is 21.5 Å². The Bertz CT molecular complexity index is 1500. The minimum Gasteiger partial charge on any atom is -0.324 e. The van der Waals surface area contributed by atoms with Gasteiger partial charge in [-0.05, 0) is 66.2 Å². The molecule has 7 nitrogen and oxygen atoms in total. The first-order valence-corrected chi connectivity index (χ1v) is 13.4. The molecule has 10 heteroatoms. The topological polar surface area (TPSA) is 100 Å². The highest BCUT2D eigenvalue weighted by molar-refractivity contribution is 8.00. The van der Waals surface area contributed by atoms with Crippen molar-refractivity contribution in [2.75, 3.05) is 16.4 Å². The molecule has 3 amide bonds. The lowest BCUT2D eigenvalue weighted by Crippen LogP contribution is -2.30. The quantitative estimate of drug-likeness (QED) is 0.155. The van der Waals surface area contributed by atoms with E-state index in [1.807, 2.05) is 0 Å². The number of carbonyl (C=O) groups excluding carboxylic acids is 3. The first-order chi connectivity index (χ1) is 18.9. The van der Waals surface area contributed by atoms with E-state index in [1.54, 1.807) is 103 Å². The number of nitrogens with one attached hydrogen (secondary N) is 3.